The number of halogens is 2. The van der Waals surface area contributed by atoms with Gasteiger partial charge < -0.3 is 36.7 Å². The number of carbonyl (C=O) groups excluding carboxylic acids is 2. The van der Waals surface area contributed by atoms with Gasteiger partial charge >= 0.3 is 12.2 Å². The van der Waals surface area contributed by atoms with Crippen LogP contribution in [0.15, 0.2) is 0 Å². The molecular weight excluding hydrogens is 608 g/mol. The quantitative estimate of drug-likeness (QED) is 0.0846. The van der Waals surface area contributed by atoms with E-state index in [9.17, 15) is 9.59 Å². The molecule has 0 aromatic rings. The third-order valence-corrected chi connectivity index (χ3v) is 4.92. The SMILES string of the molecule is C[C@H](CCBr)NC(=O)OC(C)(C)C.C[C@H](CCSCCN)NC(=O)OC(C)(C)C.Cl.NCCS.O=CO. The highest BCUT2D eigenvalue weighted by atomic mass is 79.9. The summed E-state index contributed by atoms with van der Waals surface area (Å²) < 4.78 is 10.2. The lowest BCUT2D eigenvalue weighted by atomic mass is 10.2. The lowest BCUT2D eigenvalue weighted by molar-refractivity contribution is -0.122. The molecular formula is C23H52BrClN4O6S2. The first-order chi connectivity index (χ1) is 16.5. The van der Waals surface area contributed by atoms with Gasteiger partial charge in [0.15, 0.2) is 0 Å². The molecule has 0 unspecified atom stereocenters. The van der Waals surface area contributed by atoms with E-state index in [2.05, 4.69) is 39.2 Å². The minimum Gasteiger partial charge on any atom is -0.483 e. The normalized spacial score (nSPS) is 11.7. The number of nitrogens with two attached hydrogens (primary N) is 2. The van der Waals surface area contributed by atoms with Crippen LogP contribution in [0.3, 0.4) is 0 Å². The summed E-state index contributed by atoms with van der Waals surface area (Å²) in [5.41, 5.74) is 9.49. The van der Waals surface area contributed by atoms with Crippen LogP contribution in [0.2, 0.25) is 0 Å². The highest BCUT2D eigenvalue weighted by Crippen LogP contribution is 2.09. The second-order valence-electron chi connectivity index (χ2n) is 9.38. The highest BCUT2D eigenvalue weighted by Gasteiger charge is 2.18. The maximum absolute atomic E-state index is 11.4. The second kappa shape index (κ2) is 29.9. The van der Waals surface area contributed by atoms with Crippen LogP contribution in [0, 0.1) is 0 Å². The van der Waals surface area contributed by atoms with Crippen molar-refractivity contribution in [1.82, 2.24) is 10.6 Å². The second-order valence-corrected chi connectivity index (χ2v) is 11.8. The van der Waals surface area contributed by atoms with Crippen LogP contribution in [0.5, 0.6) is 0 Å². The van der Waals surface area contributed by atoms with Crippen LogP contribution in [0.4, 0.5) is 9.59 Å². The third kappa shape index (κ3) is 52.6. The van der Waals surface area contributed by atoms with Crippen molar-refractivity contribution >= 4 is 71.4 Å². The molecule has 0 saturated carbocycles. The Morgan fingerprint density at radius 1 is 0.946 bits per heavy atom. The molecule has 0 saturated heterocycles. The molecule has 14 heteroatoms. The average molecular weight is 660 g/mol. The van der Waals surface area contributed by atoms with Crippen molar-refractivity contribution in [2.24, 2.45) is 11.5 Å². The molecule has 10 nitrogen and oxygen atoms in total. The van der Waals surface area contributed by atoms with Crippen LogP contribution in [0.1, 0.15) is 68.2 Å². The first-order valence-electron chi connectivity index (χ1n) is 11.7. The number of hydrogen-bond donors (Lipinski definition) is 6. The van der Waals surface area contributed by atoms with Crippen LogP contribution in [-0.2, 0) is 14.3 Å². The number of nitrogens with one attached hydrogen (secondary N) is 2. The lowest BCUT2D eigenvalue weighted by Crippen LogP contribution is -2.37. The van der Waals surface area contributed by atoms with Gasteiger partial charge in [0.1, 0.15) is 11.2 Å². The molecule has 2 amide bonds. The fourth-order valence-electron chi connectivity index (χ4n) is 1.77. The Labute approximate surface area is 248 Å². The number of thiol groups is 1. The Morgan fingerprint density at radius 2 is 1.30 bits per heavy atom. The van der Waals surface area contributed by atoms with Crippen LogP contribution in [0.25, 0.3) is 0 Å². The number of alkyl halides is 1. The highest BCUT2D eigenvalue weighted by molar-refractivity contribution is 9.09. The van der Waals surface area contributed by atoms with Crippen molar-refractivity contribution in [2.45, 2.75) is 91.5 Å². The molecule has 7 N–H and O–H groups in total. The Balaban J connectivity index is -0.000000145. The maximum Gasteiger partial charge on any atom is 0.407 e. The summed E-state index contributed by atoms with van der Waals surface area (Å²) in [5, 5.41) is 13.3. The molecule has 0 bridgehead atoms. The van der Waals surface area contributed by atoms with E-state index >= 15 is 0 Å². The molecule has 226 valence electrons. The summed E-state index contributed by atoms with van der Waals surface area (Å²) in [6.07, 6.45) is 1.15. The Morgan fingerprint density at radius 3 is 1.57 bits per heavy atom. The fourth-order valence-corrected chi connectivity index (χ4v) is 3.35. The van der Waals surface area contributed by atoms with Crippen molar-refractivity contribution < 1.29 is 29.0 Å². The van der Waals surface area contributed by atoms with Crippen molar-refractivity contribution in [2.75, 3.05) is 35.7 Å². The summed E-state index contributed by atoms with van der Waals surface area (Å²) in [6.45, 7) is 16.2. The minimum absolute atomic E-state index is 0. The molecule has 0 rings (SSSR count). The van der Waals surface area contributed by atoms with E-state index in [1.54, 1.807) is 11.8 Å². The van der Waals surface area contributed by atoms with Crippen molar-refractivity contribution in [3.63, 3.8) is 0 Å². The monoisotopic (exact) mass is 658 g/mol. The van der Waals surface area contributed by atoms with Crippen LogP contribution < -0.4 is 22.1 Å². The smallest absolute Gasteiger partial charge is 0.407 e. The number of carbonyl (C=O) groups is 3. The number of alkyl carbamates (subject to hydrolysis) is 2. The molecule has 0 aliphatic rings. The van der Waals surface area contributed by atoms with Gasteiger partial charge in [-0.05, 0) is 74.0 Å². The standard InChI is InChI=1S/C11H24N2O2S.C9H18BrNO2.C2H7NS.CH2O2.ClH/c1-9(5-7-16-8-6-12)13-10(14)15-11(2,3)4;1-7(5-6-10)11-8(12)13-9(2,3)4;3-1-2-4;2-1-3;/h9H,5-8,12H2,1-4H3,(H,13,14);7H,5-6H2,1-4H3,(H,11,12);4H,1-3H2;1H,(H,2,3);1H/t9-;7-;;;/m11.../s1. The zero-order valence-electron chi connectivity index (χ0n) is 23.7. The lowest BCUT2D eigenvalue weighted by Gasteiger charge is -2.21. The minimum atomic E-state index is -0.432. The number of ether oxygens (including phenoxy) is 2. The van der Waals surface area contributed by atoms with Gasteiger partial charge in [-0.3, -0.25) is 4.79 Å². The van der Waals surface area contributed by atoms with E-state index in [0.29, 0.717) is 13.1 Å². The van der Waals surface area contributed by atoms with Gasteiger partial charge in [0, 0.05) is 42.0 Å². The Bertz CT molecular complexity index is 540. The largest absolute Gasteiger partial charge is 0.483 e. The van der Waals surface area contributed by atoms with E-state index in [-0.39, 0.29) is 43.1 Å². The van der Waals surface area contributed by atoms with Gasteiger partial charge in [-0.2, -0.15) is 24.4 Å². The van der Waals surface area contributed by atoms with Crippen LogP contribution >= 0.6 is 52.7 Å². The summed E-state index contributed by atoms with van der Waals surface area (Å²) >= 11 is 8.91. The summed E-state index contributed by atoms with van der Waals surface area (Å²) in [4.78, 5) is 31.0. The molecule has 0 aromatic carbocycles. The summed E-state index contributed by atoms with van der Waals surface area (Å²) in [6, 6.07) is 0.286. The third-order valence-electron chi connectivity index (χ3n) is 3.15. The molecule has 2 atom stereocenters. The zero-order chi connectivity index (χ0) is 29.2. The predicted molar refractivity (Wildman–Crippen MR) is 166 cm³/mol. The number of amides is 2. The van der Waals surface area contributed by atoms with Crippen molar-refractivity contribution in [3.05, 3.63) is 0 Å². The fraction of sp³-hybridized carbons (Fsp3) is 0.870. The molecule has 0 fully saturated rings. The van der Waals surface area contributed by atoms with Gasteiger partial charge in [0.05, 0.1) is 0 Å². The number of thioether (sulfide) groups is 1. The number of rotatable bonds is 10. The van der Waals surface area contributed by atoms with Crippen LogP contribution in [-0.4, -0.2) is 82.7 Å². The molecule has 0 aliphatic heterocycles. The topological polar surface area (TPSA) is 166 Å². The average Bonchev–Trinajstić information content (AvgIpc) is 2.69. The van der Waals surface area contributed by atoms with Gasteiger partial charge in [0.2, 0.25) is 0 Å². The van der Waals surface area contributed by atoms with Gasteiger partial charge in [-0.15, -0.1) is 12.4 Å². The molecule has 37 heavy (non-hydrogen) atoms. The van der Waals surface area contributed by atoms with E-state index in [4.69, 9.17) is 30.8 Å². The molecule has 0 heterocycles. The summed E-state index contributed by atoms with van der Waals surface area (Å²) in [5.74, 6) is 2.77. The van der Waals surface area contributed by atoms with Gasteiger partial charge in [-0.1, -0.05) is 15.9 Å². The first-order valence-corrected chi connectivity index (χ1v) is 14.7. The van der Waals surface area contributed by atoms with E-state index < -0.39 is 11.2 Å². The number of hydrogen-bond acceptors (Lipinski definition) is 9. The van der Waals surface area contributed by atoms with Crippen molar-refractivity contribution in [1.29, 1.82) is 0 Å². The number of carboxylic acid groups (broad SMARTS) is 1. The van der Waals surface area contributed by atoms with Gasteiger partial charge in [-0.25, -0.2) is 9.59 Å². The van der Waals surface area contributed by atoms with E-state index in [1.165, 1.54) is 0 Å². The predicted octanol–water partition coefficient (Wildman–Crippen LogP) is 4.66. The maximum atomic E-state index is 11.4. The van der Waals surface area contributed by atoms with E-state index in [0.717, 1.165) is 35.4 Å². The van der Waals surface area contributed by atoms with E-state index in [1.807, 2.05) is 55.4 Å². The Kier molecular flexibility index (Phi) is 37.4. The molecule has 0 spiro atoms. The first kappa shape index (κ1) is 46.3. The molecule has 0 radical (unpaired) electrons. The van der Waals surface area contributed by atoms with Crippen molar-refractivity contribution in [3.8, 4) is 0 Å². The zero-order valence-corrected chi connectivity index (χ0v) is 27.8. The summed E-state index contributed by atoms with van der Waals surface area (Å²) in [7, 11) is 0. The Hall–Kier alpha value is -0.600. The van der Waals surface area contributed by atoms with Gasteiger partial charge in [0.25, 0.3) is 6.47 Å². The molecule has 0 aromatic heterocycles. The molecule has 0 aliphatic carbocycles.